The maximum Gasteiger partial charge on any atom is 0.216 e. The summed E-state index contributed by atoms with van der Waals surface area (Å²) < 4.78 is 25.2. The summed E-state index contributed by atoms with van der Waals surface area (Å²) in [5, 5.41) is 0.908. The monoisotopic (exact) mass is 285 g/mol. The second kappa shape index (κ2) is 5.47. The van der Waals surface area contributed by atoms with Crippen molar-refractivity contribution in [3.05, 3.63) is 0 Å². The van der Waals surface area contributed by atoms with Crippen LogP contribution in [0.15, 0.2) is 0 Å². The van der Waals surface area contributed by atoms with E-state index in [9.17, 15) is 8.42 Å². The van der Waals surface area contributed by atoms with Gasteiger partial charge in [0.25, 0.3) is 0 Å². The van der Waals surface area contributed by atoms with Crippen molar-refractivity contribution < 1.29 is 8.42 Å². The maximum absolute atomic E-state index is 11.6. The minimum Gasteiger partial charge on any atom is -0.215 e. The Hall–Kier alpha value is 0.390. The molecule has 1 atom stereocenters. The summed E-state index contributed by atoms with van der Waals surface area (Å²) in [5.74, 6) is 0.367. The highest BCUT2D eigenvalue weighted by Crippen LogP contribution is 2.13. The molecule has 0 aromatic carbocycles. The molecule has 0 aliphatic heterocycles. The van der Waals surface area contributed by atoms with Crippen molar-refractivity contribution >= 4 is 26.0 Å². The number of nitrogens with one attached hydrogen (secondary N) is 1. The van der Waals surface area contributed by atoms with E-state index in [0.717, 1.165) is 11.8 Å². The minimum absolute atomic E-state index is 0.367. The number of rotatable bonds is 5. The van der Waals surface area contributed by atoms with Gasteiger partial charge in [0.05, 0.1) is 4.75 Å². The fraction of sp³-hybridized carbons (Fsp3) is 1.00. The first-order chi connectivity index (χ1) is 6.20. The lowest BCUT2D eigenvalue weighted by atomic mass is 10.1. The van der Waals surface area contributed by atoms with Crippen molar-refractivity contribution in [3.8, 4) is 0 Å². The molecule has 0 radical (unpaired) electrons. The first-order valence-electron chi connectivity index (χ1n) is 4.76. The van der Waals surface area contributed by atoms with E-state index in [1.54, 1.807) is 20.8 Å². The number of hydrogen-bond donors (Lipinski definition) is 1. The van der Waals surface area contributed by atoms with Crippen molar-refractivity contribution in [1.29, 1.82) is 0 Å². The molecule has 0 rings (SSSR count). The van der Waals surface area contributed by atoms with Gasteiger partial charge in [-0.05, 0) is 33.1 Å². The number of sulfonamides is 1. The molecule has 0 spiro atoms. The molecule has 0 aliphatic carbocycles. The summed E-state index contributed by atoms with van der Waals surface area (Å²) in [5.41, 5.74) is 0. The Bertz CT molecular complexity index is 256. The van der Waals surface area contributed by atoms with E-state index in [4.69, 9.17) is 0 Å². The Labute approximate surface area is 95.8 Å². The van der Waals surface area contributed by atoms with Crippen LogP contribution in [0.1, 0.15) is 34.1 Å². The Morgan fingerprint density at radius 1 is 1.36 bits per heavy atom. The van der Waals surface area contributed by atoms with Crippen LogP contribution in [0, 0.1) is 5.92 Å². The van der Waals surface area contributed by atoms with Crippen molar-refractivity contribution in [3.63, 3.8) is 0 Å². The molecular weight excluding hydrogens is 266 g/mol. The number of halogens is 1. The summed E-state index contributed by atoms with van der Waals surface area (Å²) in [6.07, 6.45) is 0.979. The lowest BCUT2D eigenvalue weighted by Gasteiger charge is -2.21. The van der Waals surface area contributed by atoms with Crippen LogP contribution in [0.25, 0.3) is 0 Å². The van der Waals surface area contributed by atoms with Crippen LogP contribution in [0.4, 0.5) is 0 Å². The van der Waals surface area contributed by atoms with Gasteiger partial charge in [-0.1, -0.05) is 22.9 Å². The molecular formula is C9H20BrNO2S. The van der Waals surface area contributed by atoms with E-state index < -0.39 is 14.8 Å². The Morgan fingerprint density at radius 2 is 1.86 bits per heavy atom. The fourth-order valence-corrected chi connectivity index (χ4v) is 2.48. The second-order valence-electron chi connectivity index (χ2n) is 4.55. The highest BCUT2D eigenvalue weighted by atomic mass is 79.9. The molecule has 86 valence electrons. The molecule has 0 aromatic heterocycles. The largest absolute Gasteiger partial charge is 0.216 e. The van der Waals surface area contributed by atoms with Gasteiger partial charge in [0, 0.05) is 11.9 Å². The first-order valence-corrected chi connectivity index (χ1v) is 7.36. The highest BCUT2D eigenvalue weighted by molar-refractivity contribution is 9.09. The van der Waals surface area contributed by atoms with E-state index in [0.29, 0.717) is 12.5 Å². The summed E-state index contributed by atoms with van der Waals surface area (Å²) in [6, 6.07) is 0. The van der Waals surface area contributed by atoms with E-state index >= 15 is 0 Å². The standard InChI is InChI=1S/C9H20BrNO2S/c1-8(5-6-10)7-11-14(12,13)9(2,3)4/h8,11H,5-7H2,1-4H3. The van der Waals surface area contributed by atoms with Gasteiger partial charge in [0.15, 0.2) is 0 Å². The summed E-state index contributed by atoms with van der Waals surface area (Å²) >= 11 is 3.33. The summed E-state index contributed by atoms with van der Waals surface area (Å²) in [7, 11) is -3.18. The minimum atomic E-state index is -3.18. The van der Waals surface area contributed by atoms with Gasteiger partial charge in [-0.25, -0.2) is 13.1 Å². The van der Waals surface area contributed by atoms with E-state index in [-0.39, 0.29) is 0 Å². The Balaban J connectivity index is 4.14. The highest BCUT2D eigenvalue weighted by Gasteiger charge is 2.28. The maximum atomic E-state index is 11.6. The third-order valence-electron chi connectivity index (χ3n) is 2.03. The molecule has 5 heteroatoms. The Kier molecular flexibility index (Phi) is 5.62. The molecule has 0 saturated heterocycles. The van der Waals surface area contributed by atoms with Crippen LogP contribution in [-0.4, -0.2) is 25.0 Å². The number of alkyl halides is 1. The third-order valence-corrected chi connectivity index (χ3v) is 4.65. The molecule has 0 saturated carbocycles. The molecule has 0 aromatic rings. The summed E-state index contributed by atoms with van der Waals surface area (Å²) in [6.45, 7) is 7.65. The average Bonchev–Trinajstić information content (AvgIpc) is 1.99. The zero-order valence-electron chi connectivity index (χ0n) is 9.30. The van der Waals surface area contributed by atoms with Crippen LogP contribution in [0.2, 0.25) is 0 Å². The van der Waals surface area contributed by atoms with Gasteiger partial charge in [0.2, 0.25) is 10.0 Å². The van der Waals surface area contributed by atoms with Gasteiger partial charge >= 0.3 is 0 Å². The van der Waals surface area contributed by atoms with Crippen LogP contribution < -0.4 is 4.72 Å². The molecule has 0 bridgehead atoms. The normalized spacial score (nSPS) is 15.5. The Morgan fingerprint density at radius 3 is 2.21 bits per heavy atom. The van der Waals surface area contributed by atoms with Gasteiger partial charge < -0.3 is 0 Å². The smallest absolute Gasteiger partial charge is 0.215 e. The quantitative estimate of drug-likeness (QED) is 0.787. The van der Waals surface area contributed by atoms with E-state index in [1.165, 1.54) is 0 Å². The van der Waals surface area contributed by atoms with E-state index in [1.807, 2.05) is 6.92 Å². The lowest BCUT2D eigenvalue weighted by molar-refractivity contribution is 0.512. The first kappa shape index (κ1) is 14.4. The average molecular weight is 286 g/mol. The number of hydrogen-bond acceptors (Lipinski definition) is 2. The van der Waals surface area contributed by atoms with Crippen LogP contribution in [0.5, 0.6) is 0 Å². The van der Waals surface area contributed by atoms with E-state index in [2.05, 4.69) is 20.7 Å². The van der Waals surface area contributed by atoms with Crippen LogP contribution >= 0.6 is 15.9 Å². The molecule has 3 nitrogen and oxygen atoms in total. The van der Waals surface area contributed by atoms with Gasteiger partial charge in [-0.15, -0.1) is 0 Å². The molecule has 0 amide bonds. The van der Waals surface area contributed by atoms with Crippen LogP contribution in [0.3, 0.4) is 0 Å². The van der Waals surface area contributed by atoms with Crippen molar-refractivity contribution in [1.82, 2.24) is 4.72 Å². The topological polar surface area (TPSA) is 46.2 Å². The lowest BCUT2D eigenvalue weighted by Crippen LogP contribution is -2.41. The zero-order chi connectivity index (χ0) is 11.4. The molecule has 1 unspecified atom stereocenters. The fourth-order valence-electron chi connectivity index (χ4n) is 0.757. The molecule has 1 N–H and O–H groups in total. The van der Waals surface area contributed by atoms with Crippen molar-refractivity contribution in [2.24, 2.45) is 5.92 Å². The molecule has 0 heterocycles. The third kappa shape index (κ3) is 4.75. The molecule has 0 aliphatic rings. The predicted octanol–water partition coefficient (Wildman–Crippen LogP) is 2.13. The summed E-state index contributed by atoms with van der Waals surface area (Å²) in [4.78, 5) is 0. The van der Waals surface area contributed by atoms with Gasteiger partial charge in [-0.2, -0.15) is 0 Å². The van der Waals surface area contributed by atoms with Gasteiger partial charge in [-0.3, -0.25) is 0 Å². The second-order valence-corrected chi connectivity index (χ2v) is 7.86. The van der Waals surface area contributed by atoms with Gasteiger partial charge in [0.1, 0.15) is 0 Å². The SMILES string of the molecule is CC(CCBr)CNS(=O)(=O)C(C)(C)C. The predicted molar refractivity (Wildman–Crippen MR) is 64.3 cm³/mol. The van der Waals surface area contributed by atoms with Crippen molar-refractivity contribution in [2.75, 3.05) is 11.9 Å². The molecule has 0 fully saturated rings. The zero-order valence-corrected chi connectivity index (χ0v) is 11.7. The van der Waals surface area contributed by atoms with Crippen LogP contribution in [-0.2, 0) is 10.0 Å². The molecule has 14 heavy (non-hydrogen) atoms. The van der Waals surface area contributed by atoms with Crippen molar-refractivity contribution in [2.45, 2.75) is 38.9 Å².